The minimum atomic E-state index is -3.98. The van der Waals surface area contributed by atoms with E-state index in [4.69, 9.17) is 4.74 Å². The van der Waals surface area contributed by atoms with E-state index in [2.05, 4.69) is 28.5 Å². The predicted molar refractivity (Wildman–Crippen MR) is 112 cm³/mol. The van der Waals surface area contributed by atoms with Gasteiger partial charge in [0.1, 0.15) is 10.5 Å². The lowest BCUT2D eigenvalue weighted by Gasteiger charge is -2.22. The van der Waals surface area contributed by atoms with Gasteiger partial charge in [-0.05, 0) is 65.3 Å². The van der Waals surface area contributed by atoms with Gasteiger partial charge < -0.3 is 14.6 Å². The number of esters is 1. The SMILES string of the molecule is CCOC(=O)c1c(C)[nH]c(C)c1S(=O)(=O)Nc1ccc(N(CC)CC)cc1C. The van der Waals surface area contributed by atoms with E-state index in [0.29, 0.717) is 17.1 Å². The first-order chi connectivity index (χ1) is 13.2. The van der Waals surface area contributed by atoms with Gasteiger partial charge in [-0.2, -0.15) is 0 Å². The molecule has 0 bridgehead atoms. The second-order valence-corrected chi connectivity index (χ2v) is 8.20. The van der Waals surface area contributed by atoms with E-state index in [1.165, 1.54) is 0 Å². The molecular formula is C20H29N3O4S. The highest BCUT2D eigenvalue weighted by Crippen LogP contribution is 2.29. The van der Waals surface area contributed by atoms with Crippen molar-refractivity contribution in [1.29, 1.82) is 0 Å². The monoisotopic (exact) mass is 407 g/mol. The summed E-state index contributed by atoms with van der Waals surface area (Å²) in [6, 6.07) is 5.59. The van der Waals surface area contributed by atoms with Crippen LogP contribution >= 0.6 is 0 Å². The molecule has 0 unspecified atom stereocenters. The lowest BCUT2D eigenvalue weighted by Crippen LogP contribution is -2.22. The van der Waals surface area contributed by atoms with Crippen molar-refractivity contribution >= 4 is 27.4 Å². The van der Waals surface area contributed by atoms with Crippen LogP contribution in [-0.4, -0.2) is 39.1 Å². The fourth-order valence-electron chi connectivity index (χ4n) is 3.29. The van der Waals surface area contributed by atoms with Crippen LogP contribution in [0, 0.1) is 20.8 Å². The van der Waals surface area contributed by atoms with Crippen molar-refractivity contribution in [3.05, 3.63) is 40.7 Å². The lowest BCUT2D eigenvalue weighted by molar-refractivity contribution is 0.0521. The van der Waals surface area contributed by atoms with Gasteiger partial charge in [-0.1, -0.05) is 0 Å². The Labute approximate surface area is 167 Å². The van der Waals surface area contributed by atoms with Crippen LogP contribution in [0.3, 0.4) is 0 Å². The Morgan fingerprint density at radius 2 is 1.75 bits per heavy atom. The van der Waals surface area contributed by atoms with E-state index in [1.54, 1.807) is 26.8 Å². The van der Waals surface area contributed by atoms with Crippen LogP contribution in [0.2, 0.25) is 0 Å². The molecule has 0 aliphatic heterocycles. The van der Waals surface area contributed by atoms with Crippen LogP contribution in [0.15, 0.2) is 23.1 Å². The number of carbonyl (C=O) groups is 1. The number of aromatic nitrogens is 1. The standard InChI is InChI=1S/C20H29N3O4S/c1-7-23(8-2)16-10-11-17(13(4)12-16)22-28(25,26)19-15(6)21-14(5)18(19)20(24)27-9-3/h10-12,21-22H,7-9H2,1-6H3. The maximum absolute atomic E-state index is 13.1. The number of nitrogens with one attached hydrogen (secondary N) is 2. The Hall–Kier alpha value is -2.48. The number of carbonyl (C=O) groups excluding carboxylic acids is 1. The number of sulfonamides is 1. The minimum absolute atomic E-state index is 0.0456. The number of aromatic amines is 1. The Kier molecular flexibility index (Phi) is 6.77. The Balaban J connectivity index is 2.44. The molecule has 1 heterocycles. The summed E-state index contributed by atoms with van der Waals surface area (Å²) in [7, 11) is -3.98. The van der Waals surface area contributed by atoms with Gasteiger partial charge in [0.2, 0.25) is 0 Å². The molecule has 28 heavy (non-hydrogen) atoms. The average Bonchev–Trinajstić information content (AvgIpc) is 2.93. The molecule has 0 radical (unpaired) electrons. The van der Waals surface area contributed by atoms with Gasteiger partial charge in [0.15, 0.2) is 0 Å². The van der Waals surface area contributed by atoms with Crippen LogP contribution in [0.25, 0.3) is 0 Å². The molecule has 0 aliphatic carbocycles. The third-order valence-electron chi connectivity index (χ3n) is 4.65. The second-order valence-electron chi connectivity index (χ2n) is 6.58. The maximum atomic E-state index is 13.1. The molecule has 0 aliphatic rings. The molecule has 154 valence electrons. The van der Waals surface area contributed by atoms with Crippen molar-refractivity contribution in [3.63, 3.8) is 0 Å². The zero-order valence-electron chi connectivity index (χ0n) is 17.3. The van der Waals surface area contributed by atoms with Gasteiger partial charge in [0.05, 0.1) is 12.3 Å². The van der Waals surface area contributed by atoms with Gasteiger partial charge >= 0.3 is 5.97 Å². The average molecular weight is 408 g/mol. The number of aryl methyl sites for hydroxylation is 3. The summed E-state index contributed by atoms with van der Waals surface area (Å²) < 4.78 is 33.9. The van der Waals surface area contributed by atoms with E-state index in [1.807, 2.05) is 19.1 Å². The summed E-state index contributed by atoms with van der Waals surface area (Å²) in [4.78, 5) is 17.4. The third-order valence-corrected chi connectivity index (χ3v) is 6.19. The van der Waals surface area contributed by atoms with Gasteiger partial charge in [-0.25, -0.2) is 13.2 Å². The minimum Gasteiger partial charge on any atom is -0.462 e. The molecule has 2 aromatic rings. The van der Waals surface area contributed by atoms with Crippen molar-refractivity contribution in [2.45, 2.75) is 46.4 Å². The van der Waals surface area contributed by atoms with Crippen LogP contribution in [0.1, 0.15) is 48.1 Å². The molecule has 7 nitrogen and oxygen atoms in total. The highest BCUT2D eigenvalue weighted by molar-refractivity contribution is 7.92. The van der Waals surface area contributed by atoms with Crippen molar-refractivity contribution in [2.75, 3.05) is 29.3 Å². The molecule has 8 heteroatoms. The fraction of sp³-hybridized carbons (Fsp3) is 0.450. The van der Waals surface area contributed by atoms with Crippen molar-refractivity contribution in [2.24, 2.45) is 0 Å². The molecule has 0 saturated carbocycles. The molecule has 0 spiro atoms. The van der Waals surface area contributed by atoms with Crippen LogP contribution in [0.4, 0.5) is 11.4 Å². The molecule has 0 amide bonds. The molecule has 1 aromatic carbocycles. The lowest BCUT2D eigenvalue weighted by atomic mass is 10.1. The molecule has 2 rings (SSSR count). The summed E-state index contributed by atoms with van der Waals surface area (Å²) in [5.41, 5.74) is 3.21. The number of H-pyrrole nitrogens is 1. The normalized spacial score (nSPS) is 11.4. The number of nitrogens with zero attached hydrogens (tertiary/aromatic N) is 1. The highest BCUT2D eigenvalue weighted by atomic mass is 32.2. The largest absolute Gasteiger partial charge is 0.462 e. The van der Waals surface area contributed by atoms with Crippen LogP contribution in [0.5, 0.6) is 0 Å². The summed E-state index contributed by atoms with van der Waals surface area (Å²) >= 11 is 0. The van der Waals surface area contributed by atoms with Crippen molar-refractivity contribution < 1.29 is 17.9 Å². The van der Waals surface area contributed by atoms with Gasteiger partial charge in [0, 0.05) is 30.2 Å². The Bertz CT molecular complexity index is 960. The van der Waals surface area contributed by atoms with Gasteiger partial charge in [-0.3, -0.25) is 4.72 Å². The maximum Gasteiger partial charge on any atom is 0.341 e. The van der Waals surface area contributed by atoms with E-state index >= 15 is 0 Å². The molecule has 0 atom stereocenters. The van der Waals surface area contributed by atoms with Crippen LogP contribution in [-0.2, 0) is 14.8 Å². The van der Waals surface area contributed by atoms with Crippen molar-refractivity contribution in [1.82, 2.24) is 4.98 Å². The zero-order valence-corrected chi connectivity index (χ0v) is 18.2. The number of benzene rings is 1. The molecule has 1 aromatic heterocycles. The Morgan fingerprint density at radius 1 is 1.11 bits per heavy atom. The second kappa shape index (κ2) is 8.68. The first kappa shape index (κ1) is 21.8. The number of hydrogen-bond donors (Lipinski definition) is 2. The smallest absolute Gasteiger partial charge is 0.341 e. The summed E-state index contributed by atoms with van der Waals surface area (Å²) in [5.74, 6) is -0.654. The first-order valence-electron chi connectivity index (χ1n) is 9.40. The quantitative estimate of drug-likeness (QED) is 0.650. The van der Waals surface area contributed by atoms with E-state index in [-0.39, 0.29) is 17.1 Å². The number of rotatable bonds is 8. The topological polar surface area (TPSA) is 91.5 Å². The highest BCUT2D eigenvalue weighted by Gasteiger charge is 2.30. The molecular weight excluding hydrogens is 378 g/mol. The molecule has 0 saturated heterocycles. The predicted octanol–water partition coefficient (Wildman–Crippen LogP) is 3.76. The summed E-state index contributed by atoms with van der Waals surface area (Å²) in [5, 5.41) is 0. The number of anilines is 2. The van der Waals surface area contributed by atoms with Crippen LogP contribution < -0.4 is 9.62 Å². The van der Waals surface area contributed by atoms with Gasteiger partial charge in [-0.15, -0.1) is 0 Å². The van der Waals surface area contributed by atoms with E-state index in [0.717, 1.165) is 24.3 Å². The summed E-state index contributed by atoms with van der Waals surface area (Å²) in [6.45, 7) is 12.9. The molecule has 2 N–H and O–H groups in total. The van der Waals surface area contributed by atoms with E-state index in [9.17, 15) is 13.2 Å². The molecule has 0 fully saturated rings. The van der Waals surface area contributed by atoms with Crippen molar-refractivity contribution in [3.8, 4) is 0 Å². The Morgan fingerprint density at radius 3 is 2.29 bits per heavy atom. The van der Waals surface area contributed by atoms with Gasteiger partial charge in [0.25, 0.3) is 10.0 Å². The fourth-order valence-corrected chi connectivity index (χ4v) is 4.87. The summed E-state index contributed by atoms with van der Waals surface area (Å²) in [6.07, 6.45) is 0. The third kappa shape index (κ3) is 4.32. The number of ether oxygens (including phenoxy) is 1. The number of hydrogen-bond acceptors (Lipinski definition) is 5. The first-order valence-corrected chi connectivity index (χ1v) is 10.9. The van der Waals surface area contributed by atoms with E-state index < -0.39 is 16.0 Å². The zero-order chi connectivity index (χ0) is 21.1.